The Hall–Kier alpha value is -1.66. The van der Waals surface area contributed by atoms with Crippen LogP contribution in [-0.4, -0.2) is 50.6 Å². The van der Waals surface area contributed by atoms with E-state index in [1.807, 2.05) is 13.8 Å². The average molecular weight is 567 g/mol. The fraction of sp³-hybridized carbons (Fsp3) is 0.824. The molecule has 40 heavy (non-hydrogen) atoms. The van der Waals surface area contributed by atoms with Crippen LogP contribution in [0.3, 0.4) is 0 Å². The average Bonchev–Trinajstić information content (AvgIpc) is 2.91. The Morgan fingerprint density at radius 3 is 1.23 bits per heavy atom. The summed E-state index contributed by atoms with van der Waals surface area (Å²) in [6.07, 6.45) is 17.5. The number of hydrogen-bond acceptors (Lipinski definition) is 6. The fourth-order valence-electron chi connectivity index (χ4n) is 4.39. The molecule has 0 saturated heterocycles. The third-order valence-corrected chi connectivity index (χ3v) is 6.77. The van der Waals surface area contributed by atoms with E-state index in [-0.39, 0.29) is 24.1 Å². The van der Waals surface area contributed by atoms with Gasteiger partial charge in [-0.3, -0.25) is 9.59 Å². The van der Waals surface area contributed by atoms with Gasteiger partial charge in [0.2, 0.25) is 0 Å². The molecule has 2 atom stereocenters. The second-order valence-corrected chi connectivity index (χ2v) is 11.4. The lowest BCUT2D eigenvalue weighted by molar-refractivity contribution is -0.146. The normalized spacial score (nSPS) is 12.6. The molecule has 0 spiro atoms. The van der Waals surface area contributed by atoms with Crippen molar-refractivity contribution < 1.29 is 28.5 Å². The Kier molecular flexibility index (Phi) is 26.4. The van der Waals surface area contributed by atoms with Crippen molar-refractivity contribution in [2.24, 2.45) is 0 Å². The smallest absolute Gasteiger partial charge is 0.305 e. The summed E-state index contributed by atoms with van der Waals surface area (Å²) in [6.45, 7) is 18.4. The van der Waals surface area contributed by atoms with Crippen LogP contribution in [0.4, 0.5) is 0 Å². The van der Waals surface area contributed by atoms with E-state index in [9.17, 15) is 9.59 Å². The molecule has 0 fully saturated rings. The highest BCUT2D eigenvalue weighted by Gasteiger charge is 2.11. The summed E-state index contributed by atoms with van der Waals surface area (Å²) >= 11 is 0. The Bertz CT molecular complexity index is 603. The molecule has 0 radical (unpaired) electrons. The number of esters is 2. The maximum absolute atomic E-state index is 12.0. The summed E-state index contributed by atoms with van der Waals surface area (Å²) in [5, 5.41) is 0. The molecule has 6 heteroatoms. The van der Waals surface area contributed by atoms with Crippen LogP contribution >= 0.6 is 0 Å². The van der Waals surface area contributed by atoms with E-state index in [0.29, 0.717) is 52.1 Å². The van der Waals surface area contributed by atoms with Crippen LogP contribution in [0.25, 0.3) is 0 Å². The van der Waals surface area contributed by atoms with Gasteiger partial charge in [0.15, 0.2) is 0 Å². The minimum absolute atomic E-state index is 0.186. The molecule has 0 N–H and O–H groups in total. The molecule has 0 heterocycles. The van der Waals surface area contributed by atoms with Gasteiger partial charge in [-0.1, -0.05) is 76.7 Å². The summed E-state index contributed by atoms with van der Waals surface area (Å²) in [4.78, 5) is 24.0. The number of unbranched alkanes of at least 4 members (excludes halogenated alkanes) is 7. The van der Waals surface area contributed by atoms with E-state index in [1.165, 1.54) is 38.5 Å². The summed E-state index contributed by atoms with van der Waals surface area (Å²) in [6, 6.07) is 0. The molecule has 0 aliphatic rings. The summed E-state index contributed by atoms with van der Waals surface area (Å²) in [7, 11) is 0. The van der Waals surface area contributed by atoms with Crippen molar-refractivity contribution in [1.29, 1.82) is 0 Å². The van der Waals surface area contributed by atoms with Gasteiger partial charge in [-0.25, -0.2) is 0 Å². The van der Waals surface area contributed by atoms with E-state index in [0.717, 1.165) is 62.5 Å². The minimum Gasteiger partial charge on any atom is -0.466 e. The van der Waals surface area contributed by atoms with Gasteiger partial charge in [0, 0.05) is 12.8 Å². The maximum atomic E-state index is 12.0. The molecular formula is C34H62O6. The molecule has 0 aliphatic carbocycles. The van der Waals surface area contributed by atoms with E-state index in [4.69, 9.17) is 18.9 Å². The van der Waals surface area contributed by atoms with Crippen LogP contribution in [0.1, 0.15) is 143 Å². The van der Waals surface area contributed by atoms with Crippen LogP contribution in [0.2, 0.25) is 0 Å². The van der Waals surface area contributed by atoms with Crippen molar-refractivity contribution >= 4 is 11.9 Å². The first-order valence-corrected chi connectivity index (χ1v) is 16.1. The largest absolute Gasteiger partial charge is 0.466 e. The Balaban J connectivity index is 3.84. The van der Waals surface area contributed by atoms with Gasteiger partial charge in [0.1, 0.15) is 0 Å². The molecule has 234 valence electrons. The topological polar surface area (TPSA) is 71.1 Å². The lowest BCUT2D eigenvalue weighted by Gasteiger charge is -2.18. The number of hydrogen-bond donors (Lipinski definition) is 0. The standard InChI is InChI=1S/C34H62O6/c1-7-9-11-19-31(39-27-29(3)4)21-15-17-25-37-33(35)23-13-14-24-34(36)38-26-18-16-22-32(20-12-10-8-2)40-28-30(5)6/h31-32H,3,5,7-28H2,1-2,4,6H3. The van der Waals surface area contributed by atoms with Gasteiger partial charge in [-0.2, -0.15) is 0 Å². The molecule has 0 aromatic carbocycles. The molecule has 0 aromatic rings. The quantitative estimate of drug-likeness (QED) is 0.0511. The predicted molar refractivity (Wildman–Crippen MR) is 165 cm³/mol. The predicted octanol–water partition coefficient (Wildman–Crippen LogP) is 9.06. The van der Waals surface area contributed by atoms with Crippen LogP contribution in [-0.2, 0) is 28.5 Å². The Labute approximate surface area is 246 Å². The first-order chi connectivity index (χ1) is 19.3. The van der Waals surface area contributed by atoms with Crippen LogP contribution < -0.4 is 0 Å². The molecular weight excluding hydrogens is 504 g/mol. The van der Waals surface area contributed by atoms with Crippen LogP contribution in [0, 0.1) is 0 Å². The minimum atomic E-state index is -0.186. The Morgan fingerprint density at radius 2 is 0.900 bits per heavy atom. The third kappa shape index (κ3) is 26.6. The van der Waals surface area contributed by atoms with Crippen LogP contribution in [0.15, 0.2) is 24.3 Å². The second kappa shape index (κ2) is 27.5. The number of rotatable bonds is 29. The molecule has 0 aliphatic heterocycles. The molecule has 0 saturated carbocycles. The Morgan fingerprint density at radius 1 is 0.550 bits per heavy atom. The second-order valence-electron chi connectivity index (χ2n) is 11.4. The first kappa shape index (κ1) is 38.3. The molecule has 0 aromatic heterocycles. The summed E-state index contributed by atoms with van der Waals surface area (Å²) in [5.74, 6) is -0.373. The van der Waals surface area contributed by atoms with Crippen molar-refractivity contribution in [3.05, 3.63) is 24.3 Å². The first-order valence-electron chi connectivity index (χ1n) is 16.1. The molecule has 0 rings (SSSR count). The molecule has 6 nitrogen and oxygen atoms in total. The zero-order chi connectivity index (χ0) is 29.8. The van der Waals surface area contributed by atoms with E-state index in [2.05, 4.69) is 27.0 Å². The summed E-state index contributed by atoms with van der Waals surface area (Å²) in [5.41, 5.74) is 2.09. The van der Waals surface area contributed by atoms with Crippen molar-refractivity contribution in [2.45, 2.75) is 155 Å². The zero-order valence-electron chi connectivity index (χ0n) is 26.6. The van der Waals surface area contributed by atoms with Gasteiger partial charge in [0.05, 0.1) is 38.6 Å². The molecule has 2 unspecified atom stereocenters. The van der Waals surface area contributed by atoms with Gasteiger partial charge in [0.25, 0.3) is 0 Å². The number of carbonyl (C=O) groups excluding carboxylic acids is 2. The highest BCUT2D eigenvalue weighted by Crippen LogP contribution is 2.16. The highest BCUT2D eigenvalue weighted by atomic mass is 16.5. The summed E-state index contributed by atoms with van der Waals surface area (Å²) < 4.78 is 22.7. The van der Waals surface area contributed by atoms with E-state index < -0.39 is 0 Å². The van der Waals surface area contributed by atoms with E-state index in [1.54, 1.807) is 0 Å². The number of ether oxygens (including phenoxy) is 4. The van der Waals surface area contributed by atoms with Gasteiger partial charge < -0.3 is 18.9 Å². The van der Waals surface area contributed by atoms with E-state index >= 15 is 0 Å². The highest BCUT2D eigenvalue weighted by molar-refractivity contribution is 5.70. The zero-order valence-corrected chi connectivity index (χ0v) is 26.6. The lowest BCUT2D eigenvalue weighted by Crippen LogP contribution is -2.15. The van der Waals surface area contributed by atoms with Gasteiger partial charge in [-0.05, 0) is 78.1 Å². The molecule has 0 amide bonds. The fourth-order valence-corrected chi connectivity index (χ4v) is 4.39. The van der Waals surface area contributed by atoms with Crippen molar-refractivity contribution in [3.63, 3.8) is 0 Å². The third-order valence-electron chi connectivity index (χ3n) is 6.77. The number of carbonyl (C=O) groups is 2. The molecule has 0 bridgehead atoms. The van der Waals surface area contributed by atoms with Crippen molar-refractivity contribution in [1.82, 2.24) is 0 Å². The van der Waals surface area contributed by atoms with Crippen LogP contribution in [0.5, 0.6) is 0 Å². The SMILES string of the molecule is C=C(C)COC(CCCCC)CCCCOC(=O)CCCCC(=O)OCCCCC(CCCCC)OCC(=C)C. The monoisotopic (exact) mass is 566 g/mol. The maximum Gasteiger partial charge on any atom is 0.305 e. The van der Waals surface area contributed by atoms with Gasteiger partial charge in [-0.15, -0.1) is 0 Å². The lowest BCUT2D eigenvalue weighted by atomic mass is 10.1. The van der Waals surface area contributed by atoms with Crippen molar-refractivity contribution in [2.75, 3.05) is 26.4 Å². The van der Waals surface area contributed by atoms with Gasteiger partial charge >= 0.3 is 11.9 Å². The van der Waals surface area contributed by atoms with Crippen molar-refractivity contribution in [3.8, 4) is 0 Å².